The van der Waals surface area contributed by atoms with E-state index in [9.17, 15) is 0 Å². The summed E-state index contributed by atoms with van der Waals surface area (Å²) >= 11 is 0. The average molecular weight is 88.1 g/mol. The van der Waals surface area contributed by atoms with Crippen molar-refractivity contribution in [2.24, 2.45) is 5.10 Å². The first-order valence-electron chi connectivity index (χ1n) is 1.74. The molecule has 0 aromatic carbocycles. The maximum Gasteiger partial charge on any atom is 0.0617 e. The second-order valence-electron chi connectivity index (χ2n) is 0.830. The highest BCUT2D eigenvalue weighted by atomic mass is 16.5. The monoisotopic (exact) mass is 88.1 g/mol. The molecule has 0 heterocycles. The van der Waals surface area contributed by atoms with E-state index in [1.165, 1.54) is 0 Å². The second kappa shape index (κ2) is 2.66. The Bertz CT molecular complexity index is 46.1. The van der Waals surface area contributed by atoms with Crippen LogP contribution in [0.4, 0.5) is 0 Å². The Labute approximate surface area is 36.8 Å². The number of nitrogens with zero attached hydrogens (tertiary/aromatic N) is 2. The summed E-state index contributed by atoms with van der Waals surface area (Å²) in [7, 11) is 0. The number of hydrogen-bond donors (Lipinski definition) is 1. The Kier molecular flexibility index (Phi) is 2.40. The lowest BCUT2D eigenvalue weighted by molar-refractivity contribution is -0.0836. The molecule has 0 amide bonds. The lowest BCUT2D eigenvalue weighted by Gasteiger charge is -2.01. The molecule has 0 aliphatic carbocycles. The molecule has 0 spiro atoms. The Morgan fingerprint density at radius 2 is 2.50 bits per heavy atom. The highest BCUT2D eigenvalue weighted by Crippen LogP contribution is 1.73. The van der Waals surface area contributed by atoms with Gasteiger partial charge in [0.25, 0.3) is 0 Å². The maximum absolute atomic E-state index is 8.27. The molecular weight excluding hydrogens is 80.0 g/mol. The van der Waals surface area contributed by atoms with E-state index in [1.54, 1.807) is 6.92 Å². The van der Waals surface area contributed by atoms with Gasteiger partial charge in [-0.3, -0.25) is 5.21 Å². The molecule has 0 aromatic rings. The molecule has 3 heteroatoms. The molecule has 0 saturated heterocycles. The van der Waals surface area contributed by atoms with Gasteiger partial charge in [0.15, 0.2) is 0 Å². The van der Waals surface area contributed by atoms with Crippen LogP contribution in [0.25, 0.3) is 0 Å². The van der Waals surface area contributed by atoms with Crippen molar-refractivity contribution in [2.45, 2.75) is 6.92 Å². The normalized spacial score (nSPS) is 7.67. The van der Waals surface area contributed by atoms with E-state index in [0.717, 1.165) is 5.17 Å². The van der Waals surface area contributed by atoms with Crippen molar-refractivity contribution in [3.8, 4) is 0 Å². The Balaban J connectivity index is 2.96. The third-order valence-corrected chi connectivity index (χ3v) is 0.446. The molecule has 0 atom stereocenters. The summed E-state index contributed by atoms with van der Waals surface area (Å²) in [5, 5.41) is 12.2. The smallest absolute Gasteiger partial charge is 0.0617 e. The van der Waals surface area contributed by atoms with Gasteiger partial charge in [0.05, 0.1) is 6.54 Å². The lowest BCUT2D eigenvalue weighted by Crippen LogP contribution is -2.08. The molecule has 6 heavy (non-hydrogen) atoms. The van der Waals surface area contributed by atoms with Gasteiger partial charge in [-0.1, -0.05) is 0 Å². The highest BCUT2D eigenvalue weighted by Gasteiger charge is 1.78. The summed E-state index contributed by atoms with van der Waals surface area (Å²) in [5.74, 6) is 0. The Hall–Kier alpha value is -0.570. The molecule has 0 fully saturated rings. The van der Waals surface area contributed by atoms with E-state index in [1.807, 2.05) is 0 Å². The Morgan fingerprint density at radius 3 is 2.50 bits per heavy atom. The van der Waals surface area contributed by atoms with Crippen LogP contribution in [0, 0.1) is 0 Å². The van der Waals surface area contributed by atoms with Crippen LogP contribution in [0.2, 0.25) is 0 Å². The summed E-state index contributed by atoms with van der Waals surface area (Å²) in [6.45, 7) is 5.32. The number of rotatable bonds is 2. The van der Waals surface area contributed by atoms with Crippen LogP contribution in [0.3, 0.4) is 0 Å². The fourth-order valence-electron chi connectivity index (χ4n) is 0.1000. The highest BCUT2D eigenvalue weighted by molar-refractivity contribution is 5.21. The zero-order chi connectivity index (χ0) is 4.99. The van der Waals surface area contributed by atoms with E-state index in [0.29, 0.717) is 6.54 Å². The third kappa shape index (κ3) is 1.72. The summed E-state index contributed by atoms with van der Waals surface area (Å²) in [5.41, 5.74) is 0. The van der Waals surface area contributed by atoms with Crippen LogP contribution in [-0.4, -0.2) is 23.6 Å². The lowest BCUT2D eigenvalue weighted by atomic mass is 10.8. The van der Waals surface area contributed by atoms with Gasteiger partial charge in [0, 0.05) is 6.72 Å². The fraction of sp³-hybridized carbons (Fsp3) is 0.667. The molecule has 0 bridgehead atoms. The van der Waals surface area contributed by atoms with Gasteiger partial charge in [-0.2, -0.15) is 10.3 Å². The minimum atomic E-state index is 0.490. The van der Waals surface area contributed by atoms with E-state index < -0.39 is 0 Å². The topological polar surface area (TPSA) is 35.8 Å². The standard InChI is InChI=1S/C3H8N2O/c1-3-5(6)4-2/h6H,2-3H2,1H3. The molecule has 0 radical (unpaired) electrons. The summed E-state index contributed by atoms with van der Waals surface area (Å²) in [6.07, 6.45) is 0. The zero-order valence-electron chi connectivity index (χ0n) is 3.76. The van der Waals surface area contributed by atoms with Gasteiger partial charge in [-0.15, -0.1) is 0 Å². The predicted molar refractivity (Wildman–Crippen MR) is 23.7 cm³/mol. The quantitative estimate of drug-likeness (QED) is 0.389. The molecule has 0 saturated carbocycles. The van der Waals surface area contributed by atoms with Crippen LogP contribution in [0.1, 0.15) is 6.92 Å². The third-order valence-electron chi connectivity index (χ3n) is 0.446. The summed E-state index contributed by atoms with van der Waals surface area (Å²) in [4.78, 5) is 0. The molecule has 36 valence electrons. The first-order chi connectivity index (χ1) is 2.81. The van der Waals surface area contributed by atoms with E-state index in [4.69, 9.17) is 5.21 Å². The van der Waals surface area contributed by atoms with Crippen molar-refractivity contribution >= 4 is 6.72 Å². The number of hydrogen-bond acceptors (Lipinski definition) is 3. The van der Waals surface area contributed by atoms with Crippen molar-refractivity contribution in [1.82, 2.24) is 5.17 Å². The van der Waals surface area contributed by atoms with Gasteiger partial charge in [0.2, 0.25) is 0 Å². The molecule has 3 nitrogen and oxygen atoms in total. The predicted octanol–water partition coefficient (Wildman–Crippen LogP) is 0.313. The molecule has 0 rings (SSSR count). The molecular formula is C3H8N2O. The van der Waals surface area contributed by atoms with Crippen molar-refractivity contribution < 1.29 is 5.21 Å². The second-order valence-corrected chi connectivity index (χ2v) is 0.830. The van der Waals surface area contributed by atoms with E-state index >= 15 is 0 Å². The minimum Gasteiger partial charge on any atom is -0.272 e. The molecule has 0 aliphatic rings. The van der Waals surface area contributed by atoms with Crippen LogP contribution >= 0.6 is 0 Å². The minimum absolute atomic E-state index is 0.490. The molecule has 0 aromatic heterocycles. The molecule has 0 aliphatic heterocycles. The van der Waals surface area contributed by atoms with Crippen molar-refractivity contribution in [2.75, 3.05) is 6.54 Å². The van der Waals surface area contributed by atoms with Crippen LogP contribution in [0.5, 0.6) is 0 Å². The summed E-state index contributed by atoms with van der Waals surface area (Å²) in [6, 6.07) is 0. The van der Waals surface area contributed by atoms with E-state index in [2.05, 4.69) is 11.8 Å². The first kappa shape index (κ1) is 5.43. The van der Waals surface area contributed by atoms with Crippen LogP contribution in [-0.2, 0) is 0 Å². The van der Waals surface area contributed by atoms with E-state index in [-0.39, 0.29) is 0 Å². The van der Waals surface area contributed by atoms with Gasteiger partial charge in [-0.05, 0) is 6.92 Å². The molecule has 1 N–H and O–H groups in total. The first-order valence-corrected chi connectivity index (χ1v) is 1.74. The van der Waals surface area contributed by atoms with Crippen LogP contribution in [0.15, 0.2) is 5.10 Å². The van der Waals surface area contributed by atoms with Gasteiger partial charge in [-0.25, -0.2) is 0 Å². The summed E-state index contributed by atoms with van der Waals surface area (Å²) < 4.78 is 0. The van der Waals surface area contributed by atoms with Crippen molar-refractivity contribution in [3.05, 3.63) is 0 Å². The fourth-order valence-corrected chi connectivity index (χ4v) is 0.1000. The SMILES string of the molecule is C=NN(O)CC. The van der Waals surface area contributed by atoms with Gasteiger partial charge >= 0.3 is 0 Å². The zero-order valence-corrected chi connectivity index (χ0v) is 3.76. The largest absolute Gasteiger partial charge is 0.272 e. The maximum atomic E-state index is 8.27. The number of hydroxylamine groups is 1. The van der Waals surface area contributed by atoms with Gasteiger partial charge in [0.1, 0.15) is 0 Å². The molecule has 0 unspecified atom stereocenters. The van der Waals surface area contributed by atoms with Gasteiger partial charge < -0.3 is 0 Å². The van der Waals surface area contributed by atoms with Crippen molar-refractivity contribution in [3.63, 3.8) is 0 Å². The average Bonchev–Trinajstić information content (AvgIpc) is 1.65. The van der Waals surface area contributed by atoms with Crippen molar-refractivity contribution in [1.29, 1.82) is 0 Å². The van der Waals surface area contributed by atoms with Crippen LogP contribution < -0.4 is 0 Å². The number of hydrazone groups is 1. The Morgan fingerprint density at radius 1 is 2.00 bits per heavy atom.